The zero-order valence-corrected chi connectivity index (χ0v) is 10.2. The van der Waals surface area contributed by atoms with Gasteiger partial charge in [0.25, 0.3) is 0 Å². The van der Waals surface area contributed by atoms with E-state index in [1.165, 1.54) is 6.42 Å². The summed E-state index contributed by atoms with van der Waals surface area (Å²) in [5.74, 6) is 0.174. The molecule has 1 aliphatic rings. The van der Waals surface area contributed by atoms with Crippen LogP contribution in [0.2, 0.25) is 0 Å². The van der Waals surface area contributed by atoms with Crippen LogP contribution in [0.1, 0.15) is 36.0 Å². The molecule has 0 aliphatic heterocycles. The molecule has 90 valence electrons. The Morgan fingerprint density at radius 1 is 1.17 bits per heavy atom. The van der Waals surface area contributed by atoms with E-state index < -0.39 is 0 Å². The van der Waals surface area contributed by atoms with Crippen molar-refractivity contribution in [3.63, 3.8) is 0 Å². The van der Waals surface area contributed by atoms with E-state index in [4.69, 9.17) is 0 Å². The summed E-state index contributed by atoms with van der Waals surface area (Å²) in [6.07, 6.45) is 9.91. The number of Topliss-reactive ketones (excluding diaryl/α,β-unsaturated/α-hetero) is 1. The summed E-state index contributed by atoms with van der Waals surface area (Å²) >= 11 is 0. The molecule has 0 fully saturated rings. The monoisotopic (exact) mass is 237 g/mol. The Hall–Kier alpha value is -1.96. The first kappa shape index (κ1) is 11.1. The fourth-order valence-electron chi connectivity index (χ4n) is 2.53. The van der Waals surface area contributed by atoms with E-state index in [1.807, 2.05) is 24.3 Å². The number of rotatable bonds is 2. The lowest BCUT2D eigenvalue weighted by Gasteiger charge is -2.12. The lowest BCUT2D eigenvalue weighted by molar-refractivity contribution is 0.103. The minimum absolute atomic E-state index is 0.174. The molecule has 0 amide bonds. The Bertz CT molecular complexity index is 623. The number of aromatic nitrogens is 1. The van der Waals surface area contributed by atoms with E-state index in [-0.39, 0.29) is 5.78 Å². The van der Waals surface area contributed by atoms with Gasteiger partial charge in [0, 0.05) is 23.3 Å². The summed E-state index contributed by atoms with van der Waals surface area (Å²) in [6, 6.07) is 7.81. The van der Waals surface area contributed by atoms with Crippen LogP contribution in [0.5, 0.6) is 0 Å². The van der Waals surface area contributed by atoms with Crippen molar-refractivity contribution < 1.29 is 4.79 Å². The number of fused-ring (bicyclic) bond motifs is 1. The van der Waals surface area contributed by atoms with Crippen molar-refractivity contribution in [1.29, 1.82) is 0 Å². The number of nitrogens with zero attached hydrogens (tertiary/aromatic N) is 1. The van der Waals surface area contributed by atoms with Gasteiger partial charge in [-0.2, -0.15) is 0 Å². The first-order chi connectivity index (χ1) is 8.86. The van der Waals surface area contributed by atoms with Crippen molar-refractivity contribution >= 4 is 16.6 Å². The quantitative estimate of drug-likeness (QED) is 0.741. The van der Waals surface area contributed by atoms with Gasteiger partial charge in [0.15, 0.2) is 5.78 Å². The Balaban J connectivity index is 2.09. The SMILES string of the molecule is O=C(C1=CCCCC1)c1cccc2ccncc12. The van der Waals surface area contributed by atoms with Gasteiger partial charge in [0.1, 0.15) is 0 Å². The molecule has 0 saturated heterocycles. The van der Waals surface area contributed by atoms with Crippen LogP contribution >= 0.6 is 0 Å². The number of pyridine rings is 1. The molecular formula is C16H15NO. The van der Waals surface area contributed by atoms with Crippen LogP contribution < -0.4 is 0 Å². The highest BCUT2D eigenvalue weighted by Gasteiger charge is 2.16. The van der Waals surface area contributed by atoms with E-state index >= 15 is 0 Å². The maximum Gasteiger partial charge on any atom is 0.189 e. The molecule has 18 heavy (non-hydrogen) atoms. The molecule has 1 aromatic heterocycles. The van der Waals surface area contributed by atoms with E-state index in [0.717, 1.165) is 41.2 Å². The molecule has 1 heterocycles. The van der Waals surface area contributed by atoms with Crippen molar-refractivity contribution in [3.8, 4) is 0 Å². The Morgan fingerprint density at radius 2 is 2.11 bits per heavy atom. The molecule has 2 nitrogen and oxygen atoms in total. The summed E-state index contributed by atoms with van der Waals surface area (Å²) in [5.41, 5.74) is 1.76. The van der Waals surface area contributed by atoms with Gasteiger partial charge in [-0.15, -0.1) is 0 Å². The minimum atomic E-state index is 0.174. The standard InChI is InChI=1S/C16H15NO/c18-16(13-5-2-1-3-6-13)14-8-4-7-12-9-10-17-11-15(12)14/h4-5,7-11H,1-3,6H2. The molecule has 0 spiro atoms. The molecule has 2 heteroatoms. The molecule has 2 aromatic rings. The molecule has 0 radical (unpaired) electrons. The topological polar surface area (TPSA) is 30.0 Å². The average molecular weight is 237 g/mol. The van der Waals surface area contributed by atoms with Crippen molar-refractivity contribution in [2.45, 2.75) is 25.7 Å². The number of allylic oxidation sites excluding steroid dienone is 2. The molecule has 0 saturated carbocycles. The zero-order chi connectivity index (χ0) is 12.4. The summed E-state index contributed by atoms with van der Waals surface area (Å²) in [7, 11) is 0. The van der Waals surface area contributed by atoms with Crippen molar-refractivity contribution in [1.82, 2.24) is 4.98 Å². The Kier molecular flexibility index (Phi) is 2.93. The van der Waals surface area contributed by atoms with Crippen LogP contribution in [0.3, 0.4) is 0 Å². The van der Waals surface area contributed by atoms with Crippen LogP contribution in [0.25, 0.3) is 10.8 Å². The van der Waals surface area contributed by atoms with Gasteiger partial charge in [0.05, 0.1) is 0 Å². The normalized spacial score (nSPS) is 15.4. The van der Waals surface area contributed by atoms with Crippen molar-refractivity contribution in [2.24, 2.45) is 0 Å². The highest BCUT2D eigenvalue weighted by atomic mass is 16.1. The molecule has 0 bridgehead atoms. The predicted octanol–water partition coefficient (Wildman–Crippen LogP) is 3.92. The van der Waals surface area contributed by atoms with Gasteiger partial charge in [-0.1, -0.05) is 24.3 Å². The first-order valence-corrected chi connectivity index (χ1v) is 6.43. The number of carbonyl (C=O) groups excluding carboxylic acids is 1. The molecule has 0 N–H and O–H groups in total. The number of hydrogen-bond donors (Lipinski definition) is 0. The van der Waals surface area contributed by atoms with Crippen LogP contribution in [-0.2, 0) is 0 Å². The maximum absolute atomic E-state index is 12.5. The largest absolute Gasteiger partial charge is 0.289 e. The first-order valence-electron chi connectivity index (χ1n) is 6.43. The number of benzene rings is 1. The van der Waals surface area contributed by atoms with E-state index in [0.29, 0.717) is 0 Å². The second-order valence-electron chi connectivity index (χ2n) is 4.71. The van der Waals surface area contributed by atoms with Gasteiger partial charge in [-0.3, -0.25) is 9.78 Å². The number of hydrogen-bond acceptors (Lipinski definition) is 2. The van der Waals surface area contributed by atoms with Crippen LogP contribution in [0, 0.1) is 0 Å². The Morgan fingerprint density at radius 3 is 2.94 bits per heavy atom. The maximum atomic E-state index is 12.5. The molecule has 1 aliphatic carbocycles. The summed E-state index contributed by atoms with van der Waals surface area (Å²) in [4.78, 5) is 16.6. The fraction of sp³-hybridized carbons (Fsp3) is 0.250. The van der Waals surface area contributed by atoms with E-state index in [2.05, 4.69) is 11.1 Å². The van der Waals surface area contributed by atoms with Gasteiger partial charge >= 0.3 is 0 Å². The van der Waals surface area contributed by atoms with Gasteiger partial charge in [0.2, 0.25) is 0 Å². The van der Waals surface area contributed by atoms with Crippen LogP contribution in [0.15, 0.2) is 48.3 Å². The summed E-state index contributed by atoms with van der Waals surface area (Å²) < 4.78 is 0. The Labute approximate surface area is 106 Å². The van der Waals surface area contributed by atoms with Crippen molar-refractivity contribution in [2.75, 3.05) is 0 Å². The van der Waals surface area contributed by atoms with Crippen LogP contribution in [0.4, 0.5) is 0 Å². The number of ketones is 1. The third kappa shape index (κ3) is 1.94. The number of carbonyl (C=O) groups is 1. The molecule has 1 aromatic carbocycles. The lowest BCUT2D eigenvalue weighted by atomic mass is 9.91. The smallest absolute Gasteiger partial charge is 0.189 e. The van der Waals surface area contributed by atoms with E-state index in [1.54, 1.807) is 12.4 Å². The second-order valence-corrected chi connectivity index (χ2v) is 4.71. The lowest BCUT2D eigenvalue weighted by Crippen LogP contribution is -2.07. The molecular weight excluding hydrogens is 222 g/mol. The third-order valence-electron chi connectivity index (χ3n) is 3.51. The molecule has 0 atom stereocenters. The minimum Gasteiger partial charge on any atom is -0.289 e. The highest BCUT2D eigenvalue weighted by molar-refractivity contribution is 6.16. The van der Waals surface area contributed by atoms with Gasteiger partial charge in [-0.05, 0) is 42.7 Å². The fourth-order valence-corrected chi connectivity index (χ4v) is 2.53. The molecule has 0 unspecified atom stereocenters. The van der Waals surface area contributed by atoms with Crippen molar-refractivity contribution in [3.05, 3.63) is 53.9 Å². The van der Waals surface area contributed by atoms with Gasteiger partial charge in [-0.25, -0.2) is 0 Å². The highest BCUT2D eigenvalue weighted by Crippen LogP contribution is 2.25. The average Bonchev–Trinajstić information content (AvgIpc) is 2.47. The van der Waals surface area contributed by atoms with Gasteiger partial charge < -0.3 is 0 Å². The molecule has 3 rings (SSSR count). The summed E-state index contributed by atoms with van der Waals surface area (Å²) in [6.45, 7) is 0. The summed E-state index contributed by atoms with van der Waals surface area (Å²) in [5, 5.41) is 2.03. The predicted molar refractivity (Wildman–Crippen MR) is 72.6 cm³/mol. The third-order valence-corrected chi connectivity index (χ3v) is 3.51. The second kappa shape index (κ2) is 4.73. The van der Waals surface area contributed by atoms with Crippen LogP contribution in [-0.4, -0.2) is 10.8 Å². The zero-order valence-electron chi connectivity index (χ0n) is 10.2. The van der Waals surface area contributed by atoms with E-state index in [9.17, 15) is 4.79 Å².